The number of nitrogens with zero attached hydrogens (tertiary/aromatic N) is 2. The van der Waals surface area contributed by atoms with Gasteiger partial charge in [-0.3, -0.25) is 9.89 Å². The third kappa shape index (κ3) is 4.18. The van der Waals surface area contributed by atoms with Crippen molar-refractivity contribution in [2.24, 2.45) is 0 Å². The molecule has 0 radical (unpaired) electrons. The number of benzene rings is 1. The predicted molar refractivity (Wildman–Crippen MR) is 92.7 cm³/mol. The fourth-order valence-corrected chi connectivity index (χ4v) is 2.85. The van der Waals surface area contributed by atoms with Gasteiger partial charge in [0.1, 0.15) is 5.76 Å². The number of hydrogen-bond acceptors (Lipinski definition) is 5. The van der Waals surface area contributed by atoms with E-state index < -0.39 is 0 Å². The van der Waals surface area contributed by atoms with Gasteiger partial charge in [-0.15, -0.1) is 5.10 Å². The van der Waals surface area contributed by atoms with Gasteiger partial charge in [-0.05, 0) is 43.3 Å². The molecule has 1 amide bonds. The predicted octanol–water partition coefficient (Wildman–Crippen LogP) is 3.52. The lowest BCUT2D eigenvalue weighted by molar-refractivity contribution is -0.120. The van der Waals surface area contributed by atoms with E-state index >= 15 is 0 Å². The maximum absolute atomic E-state index is 12.1. The van der Waals surface area contributed by atoms with Gasteiger partial charge in [-0.2, -0.15) is 0 Å². The van der Waals surface area contributed by atoms with Crippen molar-refractivity contribution >= 4 is 29.3 Å². The lowest BCUT2D eigenvalue weighted by Gasteiger charge is -2.08. The highest BCUT2D eigenvalue weighted by Gasteiger charge is 2.17. The van der Waals surface area contributed by atoms with E-state index in [9.17, 15) is 4.79 Å². The minimum atomic E-state index is -0.325. The zero-order valence-electron chi connectivity index (χ0n) is 12.8. The van der Waals surface area contributed by atoms with Crippen molar-refractivity contribution in [1.29, 1.82) is 0 Å². The molecule has 0 aliphatic rings. The van der Waals surface area contributed by atoms with Crippen LogP contribution in [-0.2, 0) is 11.3 Å². The molecule has 0 saturated heterocycles. The number of aromatic amines is 1. The van der Waals surface area contributed by atoms with E-state index in [-0.39, 0.29) is 11.2 Å². The average Bonchev–Trinajstić information content (AvgIpc) is 3.25. The molecule has 2 N–H and O–H groups in total. The molecule has 0 spiro atoms. The van der Waals surface area contributed by atoms with Gasteiger partial charge in [0, 0.05) is 10.6 Å². The molecular weight excluding hydrogens is 348 g/mol. The normalized spacial score (nSPS) is 12.1. The number of hydrogen-bond donors (Lipinski definition) is 2. The fraction of sp³-hybridized carbons (Fsp3) is 0.188. The highest BCUT2D eigenvalue weighted by molar-refractivity contribution is 8.00. The first-order chi connectivity index (χ1) is 11.6. The van der Waals surface area contributed by atoms with Gasteiger partial charge in [-0.25, -0.2) is 4.98 Å². The summed E-state index contributed by atoms with van der Waals surface area (Å²) in [6.07, 6.45) is 1.58. The van der Waals surface area contributed by atoms with Crippen LogP contribution in [-0.4, -0.2) is 26.3 Å². The van der Waals surface area contributed by atoms with Crippen LogP contribution in [0, 0.1) is 0 Å². The summed E-state index contributed by atoms with van der Waals surface area (Å²) in [4.78, 5) is 16.5. The molecule has 8 heteroatoms. The topological polar surface area (TPSA) is 83.8 Å². The van der Waals surface area contributed by atoms with Crippen LogP contribution in [0.3, 0.4) is 0 Å². The van der Waals surface area contributed by atoms with Crippen molar-refractivity contribution in [3.05, 3.63) is 53.4 Å². The van der Waals surface area contributed by atoms with Crippen molar-refractivity contribution in [1.82, 2.24) is 20.5 Å². The summed E-state index contributed by atoms with van der Waals surface area (Å²) in [7, 11) is 0. The zero-order valence-corrected chi connectivity index (χ0v) is 14.4. The molecule has 0 fully saturated rings. The number of amides is 1. The summed E-state index contributed by atoms with van der Waals surface area (Å²) < 4.78 is 5.18. The quantitative estimate of drug-likeness (QED) is 0.655. The highest BCUT2D eigenvalue weighted by Crippen LogP contribution is 2.23. The Morgan fingerprint density at radius 2 is 2.17 bits per heavy atom. The SMILES string of the molecule is CC(Sc1n[nH]c(-c2ccc(Cl)cc2)n1)C(=O)NCc1ccco1. The molecule has 3 rings (SSSR count). The van der Waals surface area contributed by atoms with E-state index in [4.69, 9.17) is 16.0 Å². The van der Waals surface area contributed by atoms with Crippen molar-refractivity contribution in [3.8, 4) is 11.4 Å². The fourth-order valence-electron chi connectivity index (χ4n) is 1.98. The van der Waals surface area contributed by atoms with E-state index in [1.54, 1.807) is 31.4 Å². The number of carbonyl (C=O) groups excluding carboxylic acids is 1. The Hall–Kier alpha value is -2.25. The van der Waals surface area contributed by atoms with Crippen LogP contribution >= 0.6 is 23.4 Å². The van der Waals surface area contributed by atoms with Crippen molar-refractivity contribution in [2.45, 2.75) is 23.9 Å². The third-order valence-corrected chi connectivity index (χ3v) is 4.46. The molecule has 2 heterocycles. The van der Waals surface area contributed by atoms with Crippen LogP contribution in [0.2, 0.25) is 5.02 Å². The number of thioether (sulfide) groups is 1. The molecule has 1 unspecified atom stereocenters. The molecule has 2 aromatic heterocycles. The number of furan rings is 1. The lowest BCUT2D eigenvalue weighted by Crippen LogP contribution is -2.30. The molecule has 0 saturated carbocycles. The molecule has 124 valence electrons. The standard InChI is InChI=1S/C16H15ClN4O2S/c1-10(15(22)18-9-13-3-2-8-23-13)24-16-19-14(20-21-16)11-4-6-12(17)7-5-11/h2-8,10H,9H2,1H3,(H,18,22)(H,19,20,21). The minimum absolute atomic E-state index is 0.103. The second-order valence-electron chi connectivity index (χ2n) is 5.03. The molecule has 1 atom stereocenters. The van der Waals surface area contributed by atoms with Crippen LogP contribution in [0.4, 0.5) is 0 Å². The average molecular weight is 363 g/mol. The summed E-state index contributed by atoms with van der Waals surface area (Å²) in [5.74, 6) is 1.25. The molecule has 24 heavy (non-hydrogen) atoms. The van der Waals surface area contributed by atoms with Crippen LogP contribution in [0.1, 0.15) is 12.7 Å². The number of H-pyrrole nitrogens is 1. The molecular formula is C16H15ClN4O2S. The Balaban J connectivity index is 1.57. The maximum atomic E-state index is 12.1. The first-order valence-electron chi connectivity index (χ1n) is 7.27. The monoisotopic (exact) mass is 362 g/mol. The summed E-state index contributed by atoms with van der Waals surface area (Å²) in [6, 6.07) is 10.9. The van der Waals surface area contributed by atoms with Crippen LogP contribution in [0.15, 0.2) is 52.2 Å². The van der Waals surface area contributed by atoms with Gasteiger partial charge in [0.25, 0.3) is 0 Å². The van der Waals surface area contributed by atoms with E-state index in [0.29, 0.717) is 28.3 Å². The Labute approximate surface area is 148 Å². The highest BCUT2D eigenvalue weighted by atomic mass is 35.5. The van der Waals surface area contributed by atoms with Gasteiger partial charge in [0.05, 0.1) is 18.1 Å². The first-order valence-corrected chi connectivity index (χ1v) is 8.52. The second kappa shape index (κ2) is 7.55. The summed E-state index contributed by atoms with van der Waals surface area (Å²) >= 11 is 7.16. The Morgan fingerprint density at radius 1 is 1.38 bits per heavy atom. The van der Waals surface area contributed by atoms with Crippen molar-refractivity contribution in [3.63, 3.8) is 0 Å². The third-order valence-electron chi connectivity index (χ3n) is 3.25. The molecule has 0 bridgehead atoms. The van der Waals surface area contributed by atoms with E-state index in [2.05, 4.69) is 20.5 Å². The van der Waals surface area contributed by atoms with Crippen molar-refractivity contribution < 1.29 is 9.21 Å². The van der Waals surface area contributed by atoms with Crippen LogP contribution in [0.5, 0.6) is 0 Å². The number of carbonyl (C=O) groups is 1. The summed E-state index contributed by atoms with van der Waals surface area (Å²) in [5, 5.41) is 10.7. The van der Waals surface area contributed by atoms with E-state index in [1.165, 1.54) is 11.8 Å². The number of rotatable bonds is 6. The Bertz CT molecular complexity index is 802. The van der Waals surface area contributed by atoms with Gasteiger partial charge in [0.15, 0.2) is 5.82 Å². The minimum Gasteiger partial charge on any atom is -0.467 e. The summed E-state index contributed by atoms with van der Waals surface area (Å²) in [5.41, 5.74) is 0.883. The molecule has 6 nitrogen and oxygen atoms in total. The number of halogens is 1. The van der Waals surface area contributed by atoms with E-state index in [1.807, 2.05) is 18.2 Å². The maximum Gasteiger partial charge on any atom is 0.233 e. The van der Waals surface area contributed by atoms with Crippen molar-refractivity contribution in [2.75, 3.05) is 0 Å². The number of nitrogens with one attached hydrogen (secondary N) is 2. The Kier molecular flexibility index (Phi) is 5.22. The lowest BCUT2D eigenvalue weighted by atomic mass is 10.2. The first kappa shape index (κ1) is 16.6. The van der Waals surface area contributed by atoms with Crippen LogP contribution < -0.4 is 5.32 Å². The van der Waals surface area contributed by atoms with Gasteiger partial charge < -0.3 is 9.73 Å². The molecule has 1 aromatic carbocycles. The molecule has 3 aromatic rings. The molecule has 0 aliphatic carbocycles. The largest absolute Gasteiger partial charge is 0.467 e. The van der Waals surface area contributed by atoms with Gasteiger partial charge >= 0.3 is 0 Å². The second-order valence-corrected chi connectivity index (χ2v) is 6.78. The van der Waals surface area contributed by atoms with E-state index in [0.717, 1.165) is 5.56 Å². The smallest absolute Gasteiger partial charge is 0.233 e. The Morgan fingerprint density at radius 3 is 2.88 bits per heavy atom. The molecule has 0 aliphatic heterocycles. The summed E-state index contributed by atoms with van der Waals surface area (Å²) in [6.45, 7) is 2.17. The van der Waals surface area contributed by atoms with Gasteiger partial charge in [0.2, 0.25) is 11.1 Å². The zero-order chi connectivity index (χ0) is 16.9. The number of aromatic nitrogens is 3. The van der Waals surface area contributed by atoms with Crippen LogP contribution in [0.25, 0.3) is 11.4 Å². The van der Waals surface area contributed by atoms with Gasteiger partial charge in [-0.1, -0.05) is 23.4 Å².